The van der Waals surface area contributed by atoms with Crippen molar-refractivity contribution in [1.82, 2.24) is 9.91 Å². The van der Waals surface area contributed by atoms with Crippen LogP contribution >= 0.6 is 0 Å². The van der Waals surface area contributed by atoms with Gasteiger partial charge in [-0.15, -0.1) is 5.01 Å². The summed E-state index contributed by atoms with van der Waals surface area (Å²) in [5.41, 5.74) is 0.581. The lowest BCUT2D eigenvalue weighted by Crippen LogP contribution is -2.32. The smallest absolute Gasteiger partial charge is 0.303 e. The van der Waals surface area contributed by atoms with Gasteiger partial charge in [0.05, 0.1) is 29.7 Å². The number of carbonyl (C=O) groups excluding carboxylic acids is 2. The summed E-state index contributed by atoms with van der Waals surface area (Å²) < 4.78 is 0. The van der Waals surface area contributed by atoms with Gasteiger partial charge in [-0.25, -0.2) is 4.90 Å². The first-order valence-electron chi connectivity index (χ1n) is 8.10. The van der Waals surface area contributed by atoms with E-state index in [4.69, 9.17) is 9.94 Å². The molecule has 0 aliphatic carbocycles. The quantitative estimate of drug-likeness (QED) is 0.220. The van der Waals surface area contributed by atoms with Crippen molar-refractivity contribution in [3.8, 4) is 0 Å². The molecule has 1 heterocycles. The van der Waals surface area contributed by atoms with Crippen LogP contribution in [0.25, 0.3) is 0 Å². The average molecular weight is 364 g/mol. The minimum absolute atomic E-state index is 0.0958. The lowest BCUT2D eigenvalue weighted by atomic mass is 10.1. The number of aliphatic carboxylic acids is 1. The molecule has 1 aromatic carbocycles. The molecule has 1 aliphatic rings. The summed E-state index contributed by atoms with van der Waals surface area (Å²) in [4.78, 5) is 40.5. The topological polar surface area (TPSA) is 126 Å². The van der Waals surface area contributed by atoms with Gasteiger partial charge in [0.1, 0.15) is 0 Å². The first-order chi connectivity index (χ1) is 12.4. The predicted octanol–water partition coefficient (Wildman–Crippen LogP) is 1.63. The summed E-state index contributed by atoms with van der Waals surface area (Å²) in [5, 5.41) is 24.8. The maximum absolute atomic E-state index is 12.1. The number of carboxylic acid groups (broad SMARTS) is 1. The normalized spacial score (nSPS) is 13.7. The van der Waals surface area contributed by atoms with Crippen LogP contribution in [0.3, 0.4) is 0 Å². The summed E-state index contributed by atoms with van der Waals surface area (Å²) in [7, 11) is 1.50. The van der Waals surface area contributed by atoms with Crippen molar-refractivity contribution in [2.45, 2.75) is 25.7 Å². The molecule has 0 radical (unpaired) electrons. The third-order valence-electron chi connectivity index (χ3n) is 3.86. The van der Waals surface area contributed by atoms with Crippen molar-refractivity contribution >= 4 is 17.8 Å². The third kappa shape index (κ3) is 4.68. The molecule has 10 nitrogen and oxygen atoms in total. The number of amides is 2. The largest absolute Gasteiger partial charge is 0.569 e. The Bertz CT molecular complexity index is 685. The second kappa shape index (κ2) is 8.79. The van der Waals surface area contributed by atoms with Crippen LogP contribution in [0.4, 0.5) is 0 Å². The van der Waals surface area contributed by atoms with Crippen molar-refractivity contribution in [3.63, 3.8) is 0 Å². The van der Waals surface area contributed by atoms with Gasteiger partial charge in [0, 0.05) is 6.42 Å². The number of benzene rings is 1. The maximum Gasteiger partial charge on any atom is 0.303 e. The minimum atomic E-state index is -0.847. The second-order valence-electron chi connectivity index (χ2n) is 5.76. The summed E-state index contributed by atoms with van der Waals surface area (Å²) in [6.45, 7) is -0.0967. The highest BCUT2D eigenvalue weighted by molar-refractivity contribution is 6.21. The molecule has 10 heteroatoms. The summed E-state index contributed by atoms with van der Waals surface area (Å²) in [6, 6.07) is 6.41. The van der Waals surface area contributed by atoms with Gasteiger partial charge < -0.3 is 15.2 Å². The van der Waals surface area contributed by atoms with Crippen LogP contribution in [-0.2, 0) is 9.63 Å². The molecule has 0 saturated carbocycles. The third-order valence-corrected chi connectivity index (χ3v) is 3.86. The molecule has 2 amide bonds. The number of unbranched alkanes of at least 4 members (excludes halogenated alkanes) is 2. The molecule has 0 atom stereocenters. The molecule has 1 aliphatic heterocycles. The van der Waals surface area contributed by atoms with Gasteiger partial charge in [-0.2, -0.15) is 0 Å². The Morgan fingerprint density at radius 1 is 1.23 bits per heavy atom. The van der Waals surface area contributed by atoms with Crippen LogP contribution in [0, 0.1) is 5.21 Å². The standard InChI is InChI=1S/C16H20N4O6/c1-18(10-6-2-3-9-14(21)22)20(25)17-26-11-19-15(23)12-7-4-5-8-13(12)16(19)24/h4-5,7-8H,2-3,6,9-11H2,1H3,(H,21,22)/b20-17-. The number of imide groups is 1. The fourth-order valence-electron chi connectivity index (χ4n) is 2.43. The minimum Gasteiger partial charge on any atom is -0.569 e. The number of fused-ring (bicyclic) bond motifs is 1. The Morgan fingerprint density at radius 2 is 1.85 bits per heavy atom. The molecule has 0 fully saturated rings. The monoisotopic (exact) mass is 364 g/mol. The van der Waals surface area contributed by atoms with Crippen molar-refractivity contribution < 1.29 is 29.3 Å². The Morgan fingerprint density at radius 3 is 2.42 bits per heavy atom. The van der Waals surface area contributed by atoms with E-state index in [0.717, 1.165) is 4.90 Å². The van der Waals surface area contributed by atoms with Crippen molar-refractivity contribution in [1.29, 1.82) is 0 Å². The molecular weight excluding hydrogens is 344 g/mol. The Labute approximate surface area is 149 Å². The van der Waals surface area contributed by atoms with Gasteiger partial charge in [0.2, 0.25) is 12.0 Å². The number of rotatable bonds is 10. The maximum atomic E-state index is 12.1. The fraction of sp³-hybridized carbons (Fsp3) is 0.438. The van der Waals surface area contributed by atoms with Crippen LogP contribution in [-0.4, -0.2) is 58.1 Å². The zero-order valence-electron chi connectivity index (χ0n) is 14.3. The predicted molar refractivity (Wildman–Crippen MR) is 87.7 cm³/mol. The molecule has 0 unspecified atom stereocenters. The molecule has 0 saturated heterocycles. The Kier molecular flexibility index (Phi) is 6.48. The zero-order chi connectivity index (χ0) is 19.1. The van der Waals surface area contributed by atoms with Crippen molar-refractivity contribution in [2.24, 2.45) is 5.28 Å². The van der Waals surface area contributed by atoms with Crippen LogP contribution in [0.15, 0.2) is 29.5 Å². The van der Waals surface area contributed by atoms with E-state index in [1.165, 1.54) is 12.1 Å². The summed E-state index contributed by atoms with van der Waals surface area (Å²) in [5.74, 6) is -1.84. The highest BCUT2D eigenvalue weighted by Crippen LogP contribution is 2.22. The molecular formula is C16H20N4O6. The average Bonchev–Trinajstić information content (AvgIpc) is 2.86. The lowest BCUT2D eigenvalue weighted by molar-refractivity contribution is -0.705. The first kappa shape index (κ1) is 19.2. The van der Waals surface area contributed by atoms with E-state index in [2.05, 4.69) is 5.28 Å². The van der Waals surface area contributed by atoms with Crippen molar-refractivity contribution in [3.05, 3.63) is 40.6 Å². The SMILES string of the molecule is CN(CCCCCC(=O)O)/[N+]([O-])=N/OCN1C(=O)c2ccccc2C1=O. The number of carbonyl (C=O) groups is 3. The zero-order valence-corrected chi connectivity index (χ0v) is 14.3. The molecule has 26 heavy (non-hydrogen) atoms. The second-order valence-corrected chi connectivity index (χ2v) is 5.76. The summed E-state index contributed by atoms with van der Waals surface area (Å²) in [6.07, 6.45) is 1.92. The highest BCUT2D eigenvalue weighted by Gasteiger charge is 2.35. The highest BCUT2D eigenvalue weighted by atomic mass is 16.7. The molecule has 0 spiro atoms. The van der Waals surface area contributed by atoms with E-state index in [0.29, 0.717) is 36.9 Å². The van der Waals surface area contributed by atoms with Gasteiger partial charge in [-0.3, -0.25) is 14.4 Å². The molecule has 1 N–H and O–H groups in total. The van der Waals surface area contributed by atoms with Gasteiger partial charge in [-0.05, 0) is 25.0 Å². The molecule has 0 aromatic heterocycles. The van der Waals surface area contributed by atoms with E-state index in [1.54, 1.807) is 24.3 Å². The van der Waals surface area contributed by atoms with E-state index in [1.807, 2.05) is 0 Å². The van der Waals surface area contributed by atoms with Gasteiger partial charge >= 0.3 is 5.97 Å². The number of nitrogens with zero attached hydrogens (tertiary/aromatic N) is 4. The van der Waals surface area contributed by atoms with E-state index in [-0.39, 0.29) is 11.4 Å². The fourth-order valence-corrected chi connectivity index (χ4v) is 2.43. The van der Waals surface area contributed by atoms with Crippen LogP contribution < -0.4 is 0 Å². The van der Waals surface area contributed by atoms with Crippen LogP contribution in [0.1, 0.15) is 46.4 Å². The van der Waals surface area contributed by atoms with Gasteiger partial charge in [-0.1, -0.05) is 18.6 Å². The number of carboxylic acids is 1. The van der Waals surface area contributed by atoms with Crippen LogP contribution in [0.2, 0.25) is 0 Å². The molecule has 2 rings (SSSR count). The van der Waals surface area contributed by atoms with Gasteiger partial charge in [0.25, 0.3) is 11.8 Å². The Hall–Kier alpha value is -3.17. The van der Waals surface area contributed by atoms with Crippen molar-refractivity contribution in [2.75, 3.05) is 20.3 Å². The molecule has 0 bridgehead atoms. The molecule has 140 valence electrons. The van der Waals surface area contributed by atoms with Gasteiger partial charge in [0.15, 0.2) is 0 Å². The number of hydrazine groups is 1. The number of hydrogen-bond acceptors (Lipinski definition) is 6. The van der Waals surface area contributed by atoms with Crippen LogP contribution in [0.5, 0.6) is 0 Å². The van der Waals surface area contributed by atoms with E-state index in [9.17, 15) is 19.6 Å². The van der Waals surface area contributed by atoms with E-state index < -0.39 is 24.5 Å². The van der Waals surface area contributed by atoms with E-state index >= 15 is 0 Å². The summed E-state index contributed by atoms with van der Waals surface area (Å²) >= 11 is 0. The molecule has 1 aromatic rings. The number of hydrogen-bond donors (Lipinski definition) is 1. The first-order valence-corrected chi connectivity index (χ1v) is 8.10. The Balaban J connectivity index is 1.76. The lowest BCUT2D eigenvalue weighted by Gasteiger charge is -2.14.